The van der Waals surface area contributed by atoms with Gasteiger partial charge in [-0.2, -0.15) is 0 Å². The van der Waals surface area contributed by atoms with E-state index in [-0.39, 0.29) is 43.0 Å². The minimum atomic E-state index is 0. The van der Waals surface area contributed by atoms with Crippen LogP contribution in [0.15, 0.2) is 0 Å². The van der Waals surface area contributed by atoms with Crippen LogP contribution in [0.5, 0.6) is 0 Å². The molecule has 30 valence electrons. The van der Waals surface area contributed by atoms with Gasteiger partial charge in [-0.25, -0.2) is 0 Å². The van der Waals surface area contributed by atoms with E-state index in [1.54, 1.807) is 15.9 Å². The second-order valence-electron chi connectivity index (χ2n) is 0. The third-order valence-corrected chi connectivity index (χ3v) is 0. The Morgan fingerprint density at radius 2 is 1.25 bits per heavy atom. The number of hydrogen-bond donors (Lipinski definition) is 0. The molecular formula is H3BiCoMnO. The predicted molar refractivity (Wildman–Crippen MR) is 10.6 cm³/mol. The molecule has 0 aliphatic carbocycles. The molecule has 0 N–H and O–H groups in total. The molecule has 0 aromatic carbocycles. The summed E-state index contributed by atoms with van der Waals surface area (Å²) >= 11 is 1.69. The van der Waals surface area contributed by atoms with E-state index < -0.39 is 0 Å². The molecule has 0 fully saturated rings. The summed E-state index contributed by atoms with van der Waals surface area (Å²) in [7, 11) is 0. The average Bonchev–Trinajstić information content (AvgIpc) is 1.00. The van der Waals surface area contributed by atoms with Gasteiger partial charge in [0.2, 0.25) is 0 Å². The standard InChI is InChI=1S/Bi.Co.Mn.O.3H. The van der Waals surface area contributed by atoms with Crippen molar-refractivity contribution >= 4 is 26.2 Å². The van der Waals surface area contributed by atoms with Crippen molar-refractivity contribution in [3.8, 4) is 0 Å². The monoisotopic (exact) mass is 342 g/mol. The summed E-state index contributed by atoms with van der Waals surface area (Å²) in [5.41, 5.74) is 0. The second kappa shape index (κ2) is 22.2. The molecule has 0 heterocycles. The van der Waals surface area contributed by atoms with Crippen molar-refractivity contribution in [2.24, 2.45) is 0 Å². The van der Waals surface area contributed by atoms with Gasteiger partial charge in [0.05, 0.1) is 0 Å². The third kappa shape index (κ3) is 9.32. The van der Waals surface area contributed by atoms with Crippen LogP contribution < -0.4 is 0 Å². The Kier molecular flexibility index (Phi) is 95.6. The summed E-state index contributed by atoms with van der Waals surface area (Å²) in [5.74, 6) is 0. The van der Waals surface area contributed by atoms with Crippen molar-refractivity contribution in [3.05, 3.63) is 0 Å². The first-order chi connectivity index (χ1) is 1.00. The molecule has 0 bridgehead atoms. The Labute approximate surface area is 62.2 Å². The van der Waals surface area contributed by atoms with Gasteiger partial charge in [0.25, 0.3) is 0 Å². The molecule has 0 aliphatic rings. The molecule has 0 amide bonds. The molecule has 0 unspecified atom stereocenters. The molecule has 0 saturated heterocycles. The van der Waals surface area contributed by atoms with Crippen LogP contribution in [0.1, 0.15) is 0 Å². The summed E-state index contributed by atoms with van der Waals surface area (Å²) in [6, 6.07) is 0. The van der Waals surface area contributed by atoms with Crippen molar-refractivity contribution in [1.29, 1.82) is 0 Å². The van der Waals surface area contributed by atoms with Crippen LogP contribution in [0.25, 0.3) is 0 Å². The van der Waals surface area contributed by atoms with Gasteiger partial charge in [-0.05, 0) is 0 Å². The van der Waals surface area contributed by atoms with E-state index in [0.29, 0.717) is 0 Å². The molecule has 0 aromatic rings. The summed E-state index contributed by atoms with van der Waals surface area (Å²) in [6.45, 7) is 0. The summed E-state index contributed by atoms with van der Waals surface area (Å²) in [6.07, 6.45) is 0. The zero-order valence-electron chi connectivity index (χ0n) is 1.83. The Bertz CT molecular complexity index is 8.00. The molecule has 0 aliphatic heterocycles. The summed E-state index contributed by atoms with van der Waals surface area (Å²) in [4.78, 5) is 0. The predicted octanol–water partition coefficient (Wildman–Crippen LogP) is -1.31. The third-order valence-electron chi connectivity index (χ3n) is 0. The van der Waals surface area contributed by atoms with E-state index in [1.807, 2.05) is 0 Å². The number of hydrogen-bond acceptors (Lipinski definition) is 1. The zero-order valence-corrected chi connectivity index (χ0v) is 9.55. The first-order valence-electron chi connectivity index (χ1n) is 0.154. The van der Waals surface area contributed by atoms with Crippen molar-refractivity contribution in [2.45, 2.75) is 0 Å². The maximum atomic E-state index is 8.06. The van der Waals surface area contributed by atoms with Crippen molar-refractivity contribution in [3.63, 3.8) is 0 Å². The van der Waals surface area contributed by atoms with E-state index in [4.69, 9.17) is 3.83 Å². The molecule has 4 heavy (non-hydrogen) atoms. The molecule has 0 aromatic heterocycles. The number of rotatable bonds is 0. The SMILES string of the molecule is [BiH3].[Co].[O]=[Mn]. The van der Waals surface area contributed by atoms with Gasteiger partial charge in [-0.3, -0.25) is 0 Å². The van der Waals surface area contributed by atoms with Crippen LogP contribution in [0.4, 0.5) is 0 Å². The van der Waals surface area contributed by atoms with E-state index in [0.717, 1.165) is 0 Å². The Hall–Kier alpha value is 1.71. The van der Waals surface area contributed by atoms with Crippen molar-refractivity contribution in [2.75, 3.05) is 0 Å². The van der Waals surface area contributed by atoms with Gasteiger partial charge >= 0.3 is 46.0 Å². The van der Waals surface area contributed by atoms with Gasteiger partial charge in [0.15, 0.2) is 0 Å². The second-order valence-corrected chi connectivity index (χ2v) is 0. The zero-order chi connectivity index (χ0) is 2.00. The molecule has 1 radical (unpaired) electrons. The van der Waals surface area contributed by atoms with E-state index >= 15 is 0 Å². The summed E-state index contributed by atoms with van der Waals surface area (Å²) in [5, 5.41) is 0. The van der Waals surface area contributed by atoms with Crippen LogP contribution >= 0.6 is 0 Å². The van der Waals surface area contributed by atoms with Crippen LogP contribution in [-0.2, 0) is 36.6 Å². The van der Waals surface area contributed by atoms with Gasteiger partial charge in [0, 0.05) is 16.8 Å². The van der Waals surface area contributed by atoms with Gasteiger partial charge in [0.1, 0.15) is 0 Å². The summed E-state index contributed by atoms with van der Waals surface area (Å²) < 4.78 is 8.06. The molecule has 0 rings (SSSR count). The molecule has 0 atom stereocenters. The van der Waals surface area contributed by atoms with E-state index in [2.05, 4.69) is 0 Å². The van der Waals surface area contributed by atoms with Crippen LogP contribution in [0.2, 0.25) is 0 Å². The quantitative estimate of drug-likeness (QED) is 0.500. The molecule has 1 nitrogen and oxygen atoms in total. The van der Waals surface area contributed by atoms with Crippen LogP contribution in [0, 0.1) is 0 Å². The molecule has 4 heteroatoms. The molecule has 0 spiro atoms. The fourth-order valence-corrected chi connectivity index (χ4v) is 0. The average molecular weight is 342 g/mol. The van der Waals surface area contributed by atoms with E-state index in [1.165, 1.54) is 0 Å². The van der Waals surface area contributed by atoms with Crippen molar-refractivity contribution in [1.82, 2.24) is 0 Å². The first kappa shape index (κ1) is 17.3. The fourth-order valence-electron chi connectivity index (χ4n) is 0. The maximum absolute atomic E-state index is 8.06. The first-order valence-corrected chi connectivity index (χ1v) is 0.636. The van der Waals surface area contributed by atoms with Crippen LogP contribution in [0.3, 0.4) is 0 Å². The molecule has 0 saturated carbocycles. The topological polar surface area (TPSA) is 17.1 Å². The fraction of sp³-hybridized carbons (Fsp3) is 0. The minimum absolute atomic E-state index is 0. The van der Waals surface area contributed by atoms with E-state index in [9.17, 15) is 0 Å². The molecular weight excluding hydrogens is 339 g/mol. The van der Waals surface area contributed by atoms with Crippen LogP contribution in [-0.4, -0.2) is 26.2 Å². The Balaban J connectivity index is -0.00000000500. The Morgan fingerprint density at radius 3 is 1.25 bits per heavy atom. The van der Waals surface area contributed by atoms with Gasteiger partial charge < -0.3 is 0 Å². The normalized spacial score (nSPS) is 1.00. The van der Waals surface area contributed by atoms with Crippen molar-refractivity contribution < 1.29 is 36.6 Å². The Morgan fingerprint density at radius 1 is 1.25 bits per heavy atom. The van der Waals surface area contributed by atoms with Gasteiger partial charge in [-0.1, -0.05) is 0 Å². The van der Waals surface area contributed by atoms with Gasteiger partial charge in [-0.15, -0.1) is 0 Å².